The van der Waals surface area contributed by atoms with Gasteiger partial charge in [0.1, 0.15) is 11.2 Å². The number of nitrogens with zero attached hydrogens (tertiary/aromatic N) is 2. The third kappa shape index (κ3) is 5.09. The summed E-state index contributed by atoms with van der Waals surface area (Å²) in [6.07, 6.45) is 0. The van der Waals surface area contributed by atoms with Crippen molar-refractivity contribution in [1.82, 2.24) is 4.57 Å². The molecule has 0 fully saturated rings. The van der Waals surface area contributed by atoms with Crippen LogP contribution in [-0.2, 0) is 5.41 Å². The highest BCUT2D eigenvalue weighted by atomic mass is 16.3. The Morgan fingerprint density at radius 3 is 2.00 bits per heavy atom. The molecular weight excluding hydrogens is 729 g/mol. The molecule has 0 N–H and O–H groups in total. The summed E-state index contributed by atoms with van der Waals surface area (Å²) < 4.78 is 9.41. The monoisotopic (exact) mass is 768 g/mol. The zero-order chi connectivity index (χ0) is 40.0. The maximum absolute atomic E-state index is 7.03. The quantitative estimate of drug-likeness (QED) is 0.168. The van der Waals surface area contributed by atoms with E-state index in [1.54, 1.807) is 0 Å². The van der Waals surface area contributed by atoms with Gasteiger partial charge in [-0.15, -0.1) is 0 Å². The predicted octanol–water partition coefficient (Wildman–Crippen LogP) is 15.8. The lowest BCUT2D eigenvalue weighted by molar-refractivity contribution is 0.660. The fraction of sp³-hybridized carbons (Fsp3) is 0.0526. The van der Waals surface area contributed by atoms with Crippen LogP contribution in [0.4, 0.5) is 17.1 Å². The first-order valence-electron chi connectivity index (χ1n) is 20.8. The average molecular weight is 769 g/mol. The maximum atomic E-state index is 7.03. The lowest BCUT2D eigenvalue weighted by Crippen LogP contribution is -2.16. The highest BCUT2D eigenvalue weighted by Crippen LogP contribution is 2.55. The summed E-state index contributed by atoms with van der Waals surface area (Å²) >= 11 is 0. The molecule has 0 spiro atoms. The largest absolute Gasteiger partial charge is 0.455 e. The van der Waals surface area contributed by atoms with Crippen molar-refractivity contribution < 1.29 is 4.42 Å². The summed E-state index contributed by atoms with van der Waals surface area (Å²) in [4.78, 5) is 2.48. The van der Waals surface area contributed by atoms with Gasteiger partial charge in [-0.25, -0.2) is 0 Å². The summed E-state index contributed by atoms with van der Waals surface area (Å²) in [5, 5.41) is 4.63. The molecule has 0 aliphatic heterocycles. The molecular formula is C57H40N2O. The van der Waals surface area contributed by atoms with Crippen LogP contribution in [0.2, 0.25) is 0 Å². The van der Waals surface area contributed by atoms with Gasteiger partial charge >= 0.3 is 0 Å². The zero-order valence-corrected chi connectivity index (χ0v) is 33.4. The Balaban J connectivity index is 1.14. The van der Waals surface area contributed by atoms with E-state index in [0.717, 1.165) is 61.3 Å². The number of anilines is 3. The van der Waals surface area contributed by atoms with Crippen LogP contribution < -0.4 is 4.90 Å². The molecule has 12 rings (SSSR count). The standard InChI is InChI=1S/C57H40N2O/c1-57(2)47-26-12-9-24-45(47)54-48(57)27-16-29-50(54)59(41-22-15-19-38(35-41)37-17-5-3-6-18-37)51-34-33-42(56-55(51)46-25-11-14-30-53(46)60-56)39-31-32-44-43-23-10-13-28-49(43)58(52(44)36-39)40-20-7-4-8-21-40/h3-36H,1-2H3. The van der Waals surface area contributed by atoms with Crippen molar-refractivity contribution in [3.63, 3.8) is 0 Å². The Morgan fingerprint density at radius 2 is 1.13 bits per heavy atom. The topological polar surface area (TPSA) is 21.3 Å². The van der Waals surface area contributed by atoms with E-state index in [4.69, 9.17) is 4.42 Å². The second kappa shape index (κ2) is 13.2. The minimum atomic E-state index is -0.151. The van der Waals surface area contributed by atoms with E-state index in [2.05, 4.69) is 230 Å². The van der Waals surface area contributed by atoms with Gasteiger partial charge in [0.25, 0.3) is 0 Å². The fourth-order valence-electron chi connectivity index (χ4n) is 10.0. The summed E-state index contributed by atoms with van der Waals surface area (Å²) in [5.41, 5.74) is 18.1. The number of hydrogen-bond acceptors (Lipinski definition) is 2. The fourth-order valence-corrected chi connectivity index (χ4v) is 10.0. The molecule has 1 aliphatic rings. The maximum Gasteiger partial charge on any atom is 0.145 e. The van der Waals surface area contributed by atoms with Crippen LogP contribution in [0.25, 0.3) is 82.8 Å². The molecule has 0 atom stereocenters. The van der Waals surface area contributed by atoms with Crippen LogP contribution in [0.15, 0.2) is 211 Å². The van der Waals surface area contributed by atoms with Crippen LogP contribution in [0.3, 0.4) is 0 Å². The van der Waals surface area contributed by atoms with Gasteiger partial charge in [0.15, 0.2) is 0 Å². The number of benzene rings is 9. The van der Waals surface area contributed by atoms with Crippen molar-refractivity contribution in [2.75, 3.05) is 4.90 Å². The molecule has 0 saturated heterocycles. The van der Waals surface area contributed by atoms with Crippen LogP contribution in [0, 0.1) is 0 Å². The van der Waals surface area contributed by atoms with Crippen LogP contribution >= 0.6 is 0 Å². The molecule has 3 nitrogen and oxygen atoms in total. The Morgan fingerprint density at radius 1 is 0.450 bits per heavy atom. The Hall–Kier alpha value is -7.62. The molecule has 2 heterocycles. The Labute approximate surface area is 349 Å². The van der Waals surface area contributed by atoms with Gasteiger partial charge in [0.2, 0.25) is 0 Å². The molecule has 1 aliphatic carbocycles. The number of aromatic nitrogens is 1. The smallest absolute Gasteiger partial charge is 0.145 e. The molecule has 0 bridgehead atoms. The van der Waals surface area contributed by atoms with Crippen LogP contribution in [0.5, 0.6) is 0 Å². The number of furan rings is 1. The highest BCUT2D eigenvalue weighted by molar-refractivity contribution is 6.18. The number of para-hydroxylation sites is 3. The molecule has 9 aromatic carbocycles. The van der Waals surface area contributed by atoms with Crippen molar-refractivity contribution >= 4 is 60.8 Å². The van der Waals surface area contributed by atoms with E-state index in [9.17, 15) is 0 Å². The van der Waals surface area contributed by atoms with Crippen molar-refractivity contribution in [2.24, 2.45) is 0 Å². The van der Waals surface area contributed by atoms with Gasteiger partial charge in [-0.05, 0) is 94.0 Å². The normalized spacial score (nSPS) is 13.0. The molecule has 0 amide bonds. The summed E-state index contributed by atoms with van der Waals surface area (Å²) in [6, 6.07) is 74.8. The molecule has 2 aromatic heterocycles. The van der Waals surface area contributed by atoms with Gasteiger partial charge in [-0.3, -0.25) is 0 Å². The van der Waals surface area contributed by atoms with E-state index in [0.29, 0.717) is 0 Å². The van der Waals surface area contributed by atoms with E-state index < -0.39 is 0 Å². The highest BCUT2D eigenvalue weighted by Gasteiger charge is 2.38. The van der Waals surface area contributed by atoms with Crippen molar-refractivity contribution in [2.45, 2.75) is 19.3 Å². The molecule has 11 aromatic rings. The van der Waals surface area contributed by atoms with E-state index in [1.165, 1.54) is 49.7 Å². The number of rotatable bonds is 6. The second-order valence-electron chi connectivity index (χ2n) is 16.5. The Kier molecular flexibility index (Phi) is 7.58. The van der Waals surface area contributed by atoms with Gasteiger partial charge in [0, 0.05) is 44.1 Å². The summed E-state index contributed by atoms with van der Waals surface area (Å²) in [6.45, 7) is 4.71. The first kappa shape index (κ1) is 34.4. The lowest BCUT2D eigenvalue weighted by atomic mass is 9.82. The van der Waals surface area contributed by atoms with Crippen LogP contribution in [-0.4, -0.2) is 4.57 Å². The van der Waals surface area contributed by atoms with Crippen LogP contribution in [0.1, 0.15) is 25.0 Å². The summed E-state index contributed by atoms with van der Waals surface area (Å²) in [7, 11) is 0. The Bertz CT molecular complexity index is 3460. The van der Waals surface area contributed by atoms with Crippen molar-refractivity contribution in [3.05, 3.63) is 217 Å². The first-order chi connectivity index (χ1) is 29.5. The molecule has 0 saturated carbocycles. The second-order valence-corrected chi connectivity index (χ2v) is 16.5. The van der Waals surface area contributed by atoms with Crippen molar-refractivity contribution in [3.8, 4) is 39.1 Å². The number of hydrogen-bond donors (Lipinski definition) is 0. The van der Waals surface area contributed by atoms with E-state index >= 15 is 0 Å². The predicted molar refractivity (Wildman–Crippen MR) is 251 cm³/mol. The first-order valence-corrected chi connectivity index (χ1v) is 20.8. The lowest BCUT2D eigenvalue weighted by Gasteiger charge is -2.30. The molecule has 284 valence electrons. The zero-order valence-electron chi connectivity index (χ0n) is 33.4. The SMILES string of the molecule is CC1(C)c2ccccc2-c2c(N(c3cccc(-c4ccccc4)c3)c3ccc(-c4ccc5c6ccccc6n(-c6ccccc6)c5c4)c4oc5ccccc5c34)cccc21. The molecule has 3 heteroatoms. The van der Waals surface area contributed by atoms with Gasteiger partial charge in [-0.2, -0.15) is 0 Å². The third-order valence-electron chi connectivity index (χ3n) is 12.8. The minimum Gasteiger partial charge on any atom is -0.455 e. The molecule has 0 unspecified atom stereocenters. The van der Waals surface area contributed by atoms with Crippen molar-refractivity contribution in [1.29, 1.82) is 0 Å². The summed E-state index contributed by atoms with van der Waals surface area (Å²) in [5.74, 6) is 0. The molecule has 60 heavy (non-hydrogen) atoms. The van der Waals surface area contributed by atoms with Gasteiger partial charge in [-0.1, -0.05) is 159 Å². The average Bonchev–Trinajstić information content (AvgIpc) is 3.93. The minimum absolute atomic E-state index is 0.151. The third-order valence-corrected chi connectivity index (χ3v) is 12.8. The van der Waals surface area contributed by atoms with E-state index in [1.807, 2.05) is 0 Å². The van der Waals surface area contributed by atoms with E-state index in [-0.39, 0.29) is 5.41 Å². The van der Waals surface area contributed by atoms with Gasteiger partial charge < -0.3 is 13.9 Å². The molecule has 0 radical (unpaired) electrons. The number of fused-ring (bicyclic) bond motifs is 9. The van der Waals surface area contributed by atoms with Gasteiger partial charge in [0.05, 0.1) is 27.8 Å².